The second kappa shape index (κ2) is 9.32. The molecule has 1 aliphatic heterocycles. The van der Waals surface area contributed by atoms with Gasteiger partial charge in [0.1, 0.15) is 11.9 Å². The molecule has 0 saturated heterocycles. The molecule has 1 heterocycles. The molecule has 0 amide bonds. The molecule has 33 heavy (non-hydrogen) atoms. The van der Waals surface area contributed by atoms with Gasteiger partial charge in [-0.1, -0.05) is 49.0 Å². The lowest BCUT2D eigenvalue weighted by atomic mass is 10.1. The fourth-order valence-corrected chi connectivity index (χ4v) is 3.37. The van der Waals surface area contributed by atoms with E-state index in [1.165, 1.54) is 12.1 Å². The average molecular weight is 440 g/mol. The lowest BCUT2D eigenvalue weighted by molar-refractivity contribution is -0.385. The molecular formula is C26H20N2O5. The third-order valence-electron chi connectivity index (χ3n) is 5.05. The van der Waals surface area contributed by atoms with Crippen LogP contribution in [0.2, 0.25) is 0 Å². The number of benzene rings is 3. The molecule has 7 nitrogen and oxygen atoms in total. The Morgan fingerprint density at radius 2 is 1.82 bits per heavy atom. The van der Waals surface area contributed by atoms with Crippen LogP contribution in [-0.2, 0) is 9.53 Å². The van der Waals surface area contributed by atoms with Crippen LogP contribution in [0, 0.1) is 17.0 Å². The molecule has 1 unspecified atom stereocenters. The Morgan fingerprint density at radius 3 is 2.45 bits per heavy atom. The molecule has 0 aliphatic carbocycles. The quantitative estimate of drug-likeness (QED) is 0.158. The standard InChI is InChI=1S/C26H20N2O5/c1-3-24(19-7-5-4-6-8-19)32-21-12-9-18(10-13-21)16-22-26(29)33-25(27-22)20-11-14-23(28(30)31)17(2)15-20/h3-16,24H,1H2,2H3/b22-16-. The summed E-state index contributed by atoms with van der Waals surface area (Å²) in [6, 6.07) is 21.4. The van der Waals surface area contributed by atoms with Crippen LogP contribution in [0.4, 0.5) is 5.69 Å². The molecule has 3 aromatic carbocycles. The van der Waals surface area contributed by atoms with Gasteiger partial charge in [0.15, 0.2) is 5.70 Å². The van der Waals surface area contributed by atoms with E-state index in [0.717, 1.165) is 11.1 Å². The number of esters is 1. The van der Waals surface area contributed by atoms with E-state index in [1.54, 1.807) is 37.3 Å². The first kappa shape index (κ1) is 21.7. The minimum absolute atomic E-state index is 0.00675. The number of carbonyl (C=O) groups excluding carboxylic acids is 1. The summed E-state index contributed by atoms with van der Waals surface area (Å²) in [6.45, 7) is 5.46. The zero-order valence-corrected chi connectivity index (χ0v) is 17.8. The summed E-state index contributed by atoms with van der Waals surface area (Å²) in [6.07, 6.45) is 3.06. The minimum Gasteiger partial charge on any atom is -0.482 e. The molecule has 1 atom stereocenters. The van der Waals surface area contributed by atoms with Crippen molar-refractivity contribution in [3.05, 3.63) is 124 Å². The number of nitrogens with zero attached hydrogens (tertiary/aromatic N) is 2. The highest BCUT2D eigenvalue weighted by atomic mass is 16.6. The largest absolute Gasteiger partial charge is 0.482 e. The Hall–Kier alpha value is -4.52. The topological polar surface area (TPSA) is 91.0 Å². The lowest BCUT2D eigenvalue weighted by Crippen LogP contribution is -2.06. The van der Waals surface area contributed by atoms with Crippen LogP contribution in [0.15, 0.2) is 96.1 Å². The molecule has 164 valence electrons. The number of nitro benzene ring substituents is 1. The maximum atomic E-state index is 12.3. The smallest absolute Gasteiger partial charge is 0.363 e. The normalized spacial score (nSPS) is 15.0. The Balaban J connectivity index is 1.51. The van der Waals surface area contributed by atoms with Gasteiger partial charge in [-0.05, 0) is 54.5 Å². The number of hydrogen-bond donors (Lipinski definition) is 0. The van der Waals surface area contributed by atoms with Crippen LogP contribution in [-0.4, -0.2) is 16.8 Å². The van der Waals surface area contributed by atoms with Gasteiger partial charge in [-0.25, -0.2) is 9.79 Å². The van der Waals surface area contributed by atoms with Gasteiger partial charge in [0.25, 0.3) is 5.69 Å². The van der Waals surface area contributed by atoms with Crippen molar-refractivity contribution >= 4 is 23.6 Å². The summed E-state index contributed by atoms with van der Waals surface area (Å²) < 4.78 is 11.3. The molecule has 0 radical (unpaired) electrons. The molecular weight excluding hydrogens is 420 g/mol. The molecule has 0 spiro atoms. The number of cyclic esters (lactones) is 1. The Morgan fingerprint density at radius 1 is 1.09 bits per heavy atom. The Kier molecular flexibility index (Phi) is 6.13. The van der Waals surface area contributed by atoms with E-state index in [1.807, 2.05) is 42.5 Å². The van der Waals surface area contributed by atoms with Gasteiger partial charge in [-0.3, -0.25) is 10.1 Å². The monoisotopic (exact) mass is 440 g/mol. The van der Waals surface area contributed by atoms with Crippen LogP contribution in [0.5, 0.6) is 5.75 Å². The molecule has 0 N–H and O–H groups in total. The predicted octanol–water partition coefficient (Wildman–Crippen LogP) is 5.55. The first-order valence-electron chi connectivity index (χ1n) is 10.2. The van der Waals surface area contributed by atoms with E-state index in [-0.39, 0.29) is 23.4 Å². The number of aryl methyl sites for hydroxylation is 1. The van der Waals surface area contributed by atoms with Gasteiger partial charge in [-0.2, -0.15) is 0 Å². The highest BCUT2D eigenvalue weighted by Gasteiger charge is 2.25. The maximum absolute atomic E-state index is 12.3. The van der Waals surface area contributed by atoms with Crippen LogP contribution in [0.25, 0.3) is 6.08 Å². The summed E-state index contributed by atoms with van der Waals surface area (Å²) in [7, 11) is 0. The summed E-state index contributed by atoms with van der Waals surface area (Å²) in [5.74, 6) is 0.184. The second-order valence-corrected chi connectivity index (χ2v) is 7.35. The molecule has 0 aromatic heterocycles. The highest BCUT2D eigenvalue weighted by molar-refractivity contribution is 6.13. The zero-order chi connectivity index (χ0) is 23.4. The van der Waals surface area contributed by atoms with Crippen molar-refractivity contribution in [1.29, 1.82) is 0 Å². The molecule has 0 saturated carbocycles. The van der Waals surface area contributed by atoms with Gasteiger partial charge >= 0.3 is 5.97 Å². The van der Waals surface area contributed by atoms with Crippen molar-refractivity contribution in [1.82, 2.24) is 0 Å². The maximum Gasteiger partial charge on any atom is 0.363 e. The average Bonchev–Trinajstić information content (AvgIpc) is 3.19. The van der Waals surface area contributed by atoms with Crippen molar-refractivity contribution in [3.8, 4) is 5.75 Å². The van der Waals surface area contributed by atoms with Crippen molar-refractivity contribution < 1.29 is 19.2 Å². The van der Waals surface area contributed by atoms with E-state index in [9.17, 15) is 14.9 Å². The predicted molar refractivity (Wildman–Crippen MR) is 125 cm³/mol. The molecule has 1 aliphatic rings. The van der Waals surface area contributed by atoms with E-state index in [4.69, 9.17) is 9.47 Å². The Labute approximate surface area is 190 Å². The van der Waals surface area contributed by atoms with Gasteiger partial charge < -0.3 is 9.47 Å². The summed E-state index contributed by atoms with van der Waals surface area (Å²) in [4.78, 5) is 27.1. The van der Waals surface area contributed by atoms with Crippen molar-refractivity contribution in [2.75, 3.05) is 0 Å². The minimum atomic E-state index is -0.586. The molecule has 0 bridgehead atoms. The first-order valence-corrected chi connectivity index (χ1v) is 10.2. The van der Waals surface area contributed by atoms with Crippen molar-refractivity contribution in [2.24, 2.45) is 4.99 Å². The van der Waals surface area contributed by atoms with Crippen LogP contribution >= 0.6 is 0 Å². The van der Waals surface area contributed by atoms with Gasteiger partial charge in [0.05, 0.1) is 4.92 Å². The third kappa shape index (κ3) is 4.88. The van der Waals surface area contributed by atoms with Crippen molar-refractivity contribution in [3.63, 3.8) is 0 Å². The van der Waals surface area contributed by atoms with Crippen LogP contribution in [0.1, 0.15) is 28.4 Å². The number of rotatable bonds is 7. The van der Waals surface area contributed by atoms with Crippen LogP contribution in [0.3, 0.4) is 0 Å². The van der Waals surface area contributed by atoms with E-state index >= 15 is 0 Å². The number of aliphatic imine (C=N–C) groups is 1. The SMILES string of the molecule is C=CC(Oc1ccc(/C=C2\N=C(c3ccc([N+](=O)[O-])c(C)c3)OC2=O)cc1)c1ccccc1. The number of carbonyl (C=O) groups is 1. The zero-order valence-electron chi connectivity index (χ0n) is 17.8. The lowest BCUT2D eigenvalue weighted by Gasteiger charge is -2.16. The molecule has 7 heteroatoms. The third-order valence-corrected chi connectivity index (χ3v) is 5.05. The number of ether oxygens (including phenoxy) is 2. The van der Waals surface area contributed by atoms with Gasteiger partial charge in [0, 0.05) is 17.2 Å². The molecule has 3 aromatic rings. The first-order chi connectivity index (χ1) is 15.9. The molecule has 0 fully saturated rings. The number of nitro groups is 1. The summed E-state index contributed by atoms with van der Waals surface area (Å²) in [5.41, 5.74) is 2.83. The second-order valence-electron chi connectivity index (χ2n) is 7.35. The Bertz CT molecular complexity index is 1280. The number of hydrogen-bond acceptors (Lipinski definition) is 6. The van der Waals surface area contributed by atoms with E-state index in [0.29, 0.717) is 16.9 Å². The van der Waals surface area contributed by atoms with Gasteiger partial charge in [-0.15, -0.1) is 0 Å². The fourth-order valence-electron chi connectivity index (χ4n) is 3.37. The van der Waals surface area contributed by atoms with E-state index < -0.39 is 10.9 Å². The van der Waals surface area contributed by atoms with E-state index in [2.05, 4.69) is 11.6 Å². The fraction of sp³-hybridized carbons (Fsp3) is 0.0769. The van der Waals surface area contributed by atoms with Crippen LogP contribution < -0.4 is 4.74 Å². The van der Waals surface area contributed by atoms with Crippen molar-refractivity contribution in [2.45, 2.75) is 13.0 Å². The summed E-state index contributed by atoms with van der Waals surface area (Å²) in [5, 5.41) is 11.0. The van der Waals surface area contributed by atoms with Gasteiger partial charge in [0.2, 0.25) is 5.90 Å². The summed E-state index contributed by atoms with van der Waals surface area (Å²) >= 11 is 0. The molecule has 4 rings (SSSR count). The highest BCUT2D eigenvalue weighted by Crippen LogP contribution is 2.26.